The Bertz CT molecular complexity index is 225. The van der Waals surface area contributed by atoms with Gasteiger partial charge in [-0.15, -0.1) is 0 Å². The first-order chi connectivity index (χ1) is 7.40. The molecule has 1 fully saturated rings. The van der Waals surface area contributed by atoms with Crippen molar-refractivity contribution in [3.63, 3.8) is 0 Å². The molecule has 4 nitrogen and oxygen atoms in total. The van der Waals surface area contributed by atoms with Gasteiger partial charge in [-0.1, -0.05) is 0 Å². The number of rotatable bonds is 3. The fourth-order valence-corrected chi connectivity index (χ4v) is 1.84. The lowest BCUT2D eigenvalue weighted by Crippen LogP contribution is -2.60. The maximum absolute atomic E-state index is 12.7. The molecule has 0 spiro atoms. The number of hydrogen-bond donors (Lipinski definition) is 2. The van der Waals surface area contributed by atoms with Crippen molar-refractivity contribution in [2.75, 3.05) is 26.3 Å². The number of nitrogens with zero attached hydrogens (tertiary/aromatic N) is 1. The summed E-state index contributed by atoms with van der Waals surface area (Å²) in [5.74, 6) is 0. The summed E-state index contributed by atoms with van der Waals surface area (Å²) in [4.78, 5) is 1.25. The number of ether oxygens (including phenoxy) is 1. The van der Waals surface area contributed by atoms with Crippen LogP contribution in [-0.2, 0) is 4.74 Å². The van der Waals surface area contributed by atoms with Gasteiger partial charge in [0.1, 0.15) is 6.04 Å². The molecule has 1 saturated heterocycles. The van der Waals surface area contributed by atoms with Crippen LogP contribution in [0.2, 0.25) is 0 Å². The van der Waals surface area contributed by atoms with Gasteiger partial charge in [-0.2, -0.15) is 13.2 Å². The Morgan fingerprint density at radius 1 is 1.56 bits per heavy atom. The molecule has 1 aliphatic heterocycles. The largest absolute Gasteiger partial charge is 0.405 e. The molecule has 0 bridgehead atoms. The number of alkyl halides is 3. The fourth-order valence-electron chi connectivity index (χ4n) is 1.84. The van der Waals surface area contributed by atoms with Gasteiger partial charge in [-0.3, -0.25) is 4.90 Å². The van der Waals surface area contributed by atoms with E-state index in [1.807, 2.05) is 0 Å². The van der Waals surface area contributed by atoms with Gasteiger partial charge in [-0.05, 0) is 6.92 Å². The lowest BCUT2D eigenvalue weighted by Gasteiger charge is -2.42. The van der Waals surface area contributed by atoms with Crippen molar-refractivity contribution in [3.8, 4) is 0 Å². The van der Waals surface area contributed by atoms with Crippen LogP contribution in [0.4, 0.5) is 13.2 Å². The van der Waals surface area contributed by atoms with Gasteiger partial charge < -0.3 is 15.6 Å². The number of morpholine rings is 1. The van der Waals surface area contributed by atoms with E-state index in [0.29, 0.717) is 0 Å². The molecule has 0 aromatic heterocycles. The van der Waals surface area contributed by atoms with Gasteiger partial charge in [0, 0.05) is 19.1 Å². The summed E-state index contributed by atoms with van der Waals surface area (Å²) >= 11 is 0. The highest BCUT2D eigenvalue weighted by Crippen LogP contribution is 2.27. The molecule has 3 unspecified atom stereocenters. The van der Waals surface area contributed by atoms with Crippen LogP contribution in [-0.4, -0.2) is 60.7 Å². The molecule has 16 heavy (non-hydrogen) atoms. The molecule has 7 heteroatoms. The van der Waals surface area contributed by atoms with Gasteiger partial charge in [0.25, 0.3) is 0 Å². The van der Waals surface area contributed by atoms with E-state index in [1.54, 1.807) is 6.92 Å². The molecule has 0 aromatic carbocycles. The number of aliphatic hydroxyl groups excluding tert-OH is 1. The van der Waals surface area contributed by atoms with Crippen molar-refractivity contribution in [1.82, 2.24) is 4.90 Å². The summed E-state index contributed by atoms with van der Waals surface area (Å²) in [5.41, 5.74) is 5.17. The normalized spacial score (nSPS) is 30.4. The van der Waals surface area contributed by atoms with Gasteiger partial charge >= 0.3 is 6.18 Å². The molecule has 3 N–H and O–H groups in total. The maximum Gasteiger partial charge on any atom is 0.405 e. The second-order valence-corrected chi connectivity index (χ2v) is 3.98. The van der Waals surface area contributed by atoms with E-state index in [1.165, 1.54) is 4.90 Å². The number of nitrogens with two attached hydrogens (primary N) is 1. The van der Waals surface area contributed by atoms with E-state index in [9.17, 15) is 13.2 Å². The molecule has 0 amide bonds. The van der Waals surface area contributed by atoms with Gasteiger partial charge in [0.2, 0.25) is 0 Å². The molecule has 0 aliphatic carbocycles. The smallest absolute Gasteiger partial charge is 0.394 e. The van der Waals surface area contributed by atoms with Crippen LogP contribution in [0.3, 0.4) is 0 Å². The van der Waals surface area contributed by atoms with Crippen LogP contribution in [0.1, 0.15) is 6.92 Å². The highest BCUT2D eigenvalue weighted by atomic mass is 19.4. The van der Waals surface area contributed by atoms with Crippen molar-refractivity contribution in [3.05, 3.63) is 0 Å². The molecule has 0 radical (unpaired) electrons. The van der Waals surface area contributed by atoms with Crippen LogP contribution in [0.5, 0.6) is 0 Å². The summed E-state index contributed by atoms with van der Waals surface area (Å²) in [6, 6.07) is -2.02. The molecule has 1 aliphatic rings. The lowest BCUT2D eigenvalue weighted by atomic mass is 10.1. The van der Waals surface area contributed by atoms with Crippen LogP contribution >= 0.6 is 0 Å². The van der Waals surface area contributed by atoms with Crippen molar-refractivity contribution in [2.45, 2.75) is 31.3 Å². The molecule has 96 valence electrons. The Balaban J connectivity index is 2.74. The van der Waals surface area contributed by atoms with Crippen LogP contribution < -0.4 is 5.73 Å². The highest BCUT2D eigenvalue weighted by molar-refractivity contribution is 4.87. The molecular weight excluding hydrogens is 225 g/mol. The second kappa shape index (κ2) is 5.31. The summed E-state index contributed by atoms with van der Waals surface area (Å²) in [5, 5.41) is 8.89. The third-order valence-electron chi connectivity index (χ3n) is 2.76. The average Bonchev–Trinajstić information content (AvgIpc) is 2.20. The van der Waals surface area contributed by atoms with Crippen molar-refractivity contribution >= 4 is 0 Å². The highest BCUT2D eigenvalue weighted by Gasteiger charge is 2.45. The molecule has 1 heterocycles. The topological polar surface area (TPSA) is 58.7 Å². The molecule has 1 rings (SSSR count). The van der Waals surface area contributed by atoms with Gasteiger partial charge in [0.05, 0.1) is 19.3 Å². The SMILES string of the molecule is CC1COC(CO)CN1C(CN)C(F)(F)F. The van der Waals surface area contributed by atoms with Crippen LogP contribution in [0.25, 0.3) is 0 Å². The zero-order chi connectivity index (χ0) is 12.3. The number of halogens is 3. The molecule has 3 atom stereocenters. The van der Waals surface area contributed by atoms with Crippen molar-refractivity contribution in [2.24, 2.45) is 5.73 Å². The summed E-state index contributed by atoms with van der Waals surface area (Å²) < 4.78 is 43.2. The van der Waals surface area contributed by atoms with Crippen molar-refractivity contribution in [1.29, 1.82) is 0 Å². The Morgan fingerprint density at radius 3 is 2.62 bits per heavy atom. The van der Waals surface area contributed by atoms with E-state index in [4.69, 9.17) is 15.6 Å². The zero-order valence-corrected chi connectivity index (χ0v) is 9.07. The Labute approximate surface area is 92.2 Å². The third-order valence-corrected chi connectivity index (χ3v) is 2.76. The minimum atomic E-state index is -4.35. The molecular formula is C9H17F3N2O2. The van der Waals surface area contributed by atoms with Crippen LogP contribution in [0, 0.1) is 0 Å². The first kappa shape index (κ1) is 13.7. The lowest BCUT2D eigenvalue weighted by molar-refractivity contribution is -0.205. The first-order valence-electron chi connectivity index (χ1n) is 5.15. The Morgan fingerprint density at radius 2 is 2.19 bits per heavy atom. The monoisotopic (exact) mass is 242 g/mol. The van der Waals surface area contributed by atoms with E-state index in [-0.39, 0.29) is 25.8 Å². The number of hydrogen-bond acceptors (Lipinski definition) is 4. The average molecular weight is 242 g/mol. The minimum absolute atomic E-state index is 0.0546. The standard InChI is InChI=1S/C9H17F3N2O2/c1-6-5-16-7(4-15)3-14(6)8(2-13)9(10,11)12/h6-8,15H,2-5,13H2,1H3. The summed E-state index contributed by atoms with van der Waals surface area (Å²) in [6.45, 7) is 1.13. The van der Waals surface area contributed by atoms with E-state index >= 15 is 0 Å². The third kappa shape index (κ3) is 3.07. The van der Waals surface area contributed by atoms with E-state index < -0.39 is 24.9 Å². The number of aliphatic hydroxyl groups is 1. The van der Waals surface area contributed by atoms with Gasteiger partial charge in [0.15, 0.2) is 0 Å². The summed E-state index contributed by atoms with van der Waals surface area (Å²) in [6.07, 6.45) is -4.91. The predicted octanol–water partition coefficient (Wildman–Crippen LogP) is -0.0424. The Hall–Kier alpha value is -0.370. The predicted molar refractivity (Wildman–Crippen MR) is 51.9 cm³/mol. The second-order valence-electron chi connectivity index (χ2n) is 3.98. The fraction of sp³-hybridized carbons (Fsp3) is 1.00. The van der Waals surface area contributed by atoms with Gasteiger partial charge in [-0.25, -0.2) is 0 Å². The zero-order valence-electron chi connectivity index (χ0n) is 9.07. The van der Waals surface area contributed by atoms with Crippen LogP contribution in [0.15, 0.2) is 0 Å². The molecule has 0 saturated carbocycles. The van der Waals surface area contributed by atoms with E-state index in [2.05, 4.69) is 0 Å². The summed E-state index contributed by atoms with van der Waals surface area (Å²) in [7, 11) is 0. The minimum Gasteiger partial charge on any atom is -0.394 e. The van der Waals surface area contributed by atoms with E-state index in [0.717, 1.165) is 0 Å². The van der Waals surface area contributed by atoms with Crippen molar-refractivity contribution < 1.29 is 23.0 Å². The quantitative estimate of drug-likeness (QED) is 0.729. The Kier molecular flexibility index (Phi) is 4.54. The molecule has 0 aromatic rings. The first-order valence-corrected chi connectivity index (χ1v) is 5.15. The maximum atomic E-state index is 12.7.